The van der Waals surface area contributed by atoms with Gasteiger partial charge in [-0.15, -0.1) is 0 Å². The molecule has 116 valence electrons. The van der Waals surface area contributed by atoms with Crippen molar-refractivity contribution in [3.63, 3.8) is 0 Å². The third kappa shape index (κ3) is 3.98. The zero-order valence-corrected chi connectivity index (χ0v) is 12.9. The largest absolute Gasteiger partial charge is 0.370 e. The van der Waals surface area contributed by atoms with Gasteiger partial charge in [0.1, 0.15) is 11.6 Å². The van der Waals surface area contributed by atoms with Gasteiger partial charge in [0.25, 0.3) is 0 Å². The molecule has 0 bridgehead atoms. The molecule has 6 nitrogen and oxygen atoms in total. The molecule has 1 fully saturated rings. The van der Waals surface area contributed by atoms with Crippen molar-refractivity contribution in [1.29, 1.82) is 0 Å². The Morgan fingerprint density at radius 1 is 1.23 bits per heavy atom. The Morgan fingerprint density at radius 3 is 2.86 bits per heavy atom. The first-order chi connectivity index (χ1) is 10.8. The van der Waals surface area contributed by atoms with Crippen molar-refractivity contribution < 1.29 is 0 Å². The highest BCUT2D eigenvalue weighted by Crippen LogP contribution is 2.25. The fraction of sp³-hybridized carbons (Fsp3) is 0.500. The third-order valence-corrected chi connectivity index (χ3v) is 3.92. The van der Waals surface area contributed by atoms with Crippen LogP contribution in [0, 0.1) is 6.92 Å². The number of aryl methyl sites for hydroxylation is 1. The van der Waals surface area contributed by atoms with E-state index in [0.717, 1.165) is 61.9 Å². The van der Waals surface area contributed by atoms with Crippen LogP contribution in [0.25, 0.3) is 0 Å². The zero-order valence-electron chi connectivity index (χ0n) is 12.9. The van der Waals surface area contributed by atoms with Crippen molar-refractivity contribution in [2.45, 2.75) is 32.1 Å². The second-order valence-corrected chi connectivity index (χ2v) is 5.62. The van der Waals surface area contributed by atoms with Crippen molar-refractivity contribution in [1.82, 2.24) is 25.3 Å². The fourth-order valence-electron chi connectivity index (χ4n) is 2.79. The lowest BCUT2D eigenvalue weighted by Crippen LogP contribution is -2.27. The van der Waals surface area contributed by atoms with Gasteiger partial charge >= 0.3 is 0 Å². The van der Waals surface area contributed by atoms with E-state index in [1.807, 2.05) is 6.92 Å². The van der Waals surface area contributed by atoms with Gasteiger partial charge in [-0.1, -0.05) is 0 Å². The Bertz CT molecular complexity index is 595. The summed E-state index contributed by atoms with van der Waals surface area (Å²) >= 11 is 0. The summed E-state index contributed by atoms with van der Waals surface area (Å²) in [5, 5.41) is 6.77. The van der Waals surface area contributed by atoms with Gasteiger partial charge in [-0.05, 0) is 32.9 Å². The summed E-state index contributed by atoms with van der Waals surface area (Å²) in [6, 6.07) is 2.10. The molecule has 0 unspecified atom stereocenters. The smallest absolute Gasteiger partial charge is 0.129 e. The van der Waals surface area contributed by atoms with Gasteiger partial charge in [0, 0.05) is 49.2 Å². The Labute approximate surface area is 130 Å². The fourth-order valence-corrected chi connectivity index (χ4v) is 2.79. The number of piperidine rings is 1. The van der Waals surface area contributed by atoms with Crippen LogP contribution in [-0.2, 0) is 6.42 Å². The van der Waals surface area contributed by atoms with E-state index in [2.05, 4.69) is 36.6 Å². The van der Waals surface area contributed by atoms with E-state index >= 15 is 0 Å². The van der Waals surface area contributed by atoms with Crippen LogP contribution in [0.4, 0.5) is 5.82 Å². The lowest BCUT2D eigenvalue weighted by molar-refractivity contribution is 0.452. The Kier molecular flexibility index (Phi) is 4.90. The summed E-state index contributed by atoms with van der Waals surface area (Å²) in [4.78, 5) is 17.5. The van der Waals surface area contributed by atoms with Crippen molar-refractivity contribution in [3.05, 3.63) is 41.9 Å². The van der Waals surface area contributed by atoms with Crippen molar-refractivity contribution in [2.24, 2.45) is 0 Å². The predicted molar refractivity (Wildman–Crippen MR) is 85.8 cm³/mol. The molecule has 1 saturated heterocycles. The van der Waals surface area contributed by atoms with Crippen LogP contribution in [0.2, 0.25) is 0 Å². The van der Waals surface area contributed by atoms with E-state index in [0.29, 0.717) is 5.92 Å². The molecule has 2 aromatic heterocycles. The molecule has 0 aromatic carbocycles. The Hall–Kier alpha value is -2.08. The summed E-state index contributed by atoms with van der Waals surface area (Å²) in [5.41, 5.74) is 2.15. The SMILES string of the molecule is Cc1nc(NCCc2cnccn2)cc(C2CCNCC2)n1. The highest BCUT2D eigenvalue weighted by Gasteiger charge is 2.17. The molecule has 0 spiro atoms. The van der Waals surface area contributed by atoms with Crippen LogP contribution in [-0.4, -0.2) is 39.6 Å². The van der Waals surface area contributed by atoms with E-state index in [1.165, 1.54) is 0 Å². The molecule has 0 aliphatic carbocycles. The summed E-state index contributed by atoms with van der Waals surface area (Å²) < 4.78 is 0. The number of nitrogens with zero attached hydrogens (tertiary/aromatic N) is 4. The first-order valence-corrected chi connectivity index (χ1v) is 7.86. The predicted octanol–water partition coefficient (Wildman–Crippen LogP) is 1.70. The lowest BCUT2D eigenvalue weighted by Gasteiger charge is -2.22. The minimum absolute atomic E-state index is 0.545. The molecule has 2 N–H and O–H groups in total. The van der Waals surface area contributed by atoms with Crippen LogP contribution in [0.15, 0.2) is 24.7 Å². The van der Waals surface area contributed by atoms with E-state index in [9.17, 15) is 0 Å². The average molecular weight is 298 g/mol. The third-order valence-electron chi connectivity index (χ3n) is 3.92. The van der Waals surface area contributed by atoms with E-state index in [4.69, 9.17) is 0 Å². The van der Waals surface area contributed by atoms with Crippen LogP contribution < -0.4 is 10.6 Å². The lowest BCUT2D eigenvalue weighted by atomic mass is 9.94. The van der Waals surface area contributed by atoms with Gasteiger partial charge in [-0.25, -0.2) is 9.97 Å². The van der Waals surface area contributed by atoms with Gasteiger partial charge in [-0.2, -0.15) is 0 Å². The Balaban J connectivity index is 1.62. The monoisotopic (exact) mass is 298 g/mol. The number of hydrogen-bond acceptors (Lipinski definition) is 6. The van der Waals surface area contributed by atoms with Gasteiger partial charge in [-0.3, -0.25) is 9.97 Å². The molecule has 1 aliphatic heterocycles. The zero-order chi connectivity index (χ0) is 15.2. The molecule has 0 radical (unpaired) electrons. The summed E-state index contributed by atoms with van der Waals surface area (Å²) in [7, 11) is 0. The molecule has 1 aliphatic rings. The van der Waals surface area contributed by atoms with E-state index < -0.39 is 0 Å². The second-order valence-electron chi connectivity index (χ2n) is 5.62. The summed E-state index contributed by atoms with van der Waals surface area (Å²) in [6.45, 7) is 4.89. The van der Waals surface area contributed by atoms with Gasteiger partial charge in [0.05, 0.1) is 5.69 Å². The molecule has 3 rings (SSSR count). The van der Waals surface area contributed by atoms with Crippen LogP contribution in [0.3, 0.4) is 0 Å². The highest BCUT2D eigenvalue weighted by atomic mass is 15.0. The first kappa shape index (κ1) is 14.8. The quantitative estimate of drug-likeness (QED) is 0.875. The number of nitrogens with one attached hydrogen (secondary N) is 2. The molecule has 0 atom stereocenters. The number of aromatic nitrogens is 4. The van der Waals surface area contributed by atoms with Gasteiger partial charge < -0.3 is 10.6 Å². The van der Waals surface area contributed by atoms with E-state index in [1.54, 1.807) is 18.6 Å². The maximum atomic E-state index is 4.62. The van der Waals surface area contributed by atoms with Crippen molar-refractivity contribution >= 4 is 5.82 Å². The maximum Gasteiger partial charge on any atom is 0.129 e. The molecular weight excluding hydrogens is 276 g/mol. The summed E-state index contributed by atoms with van der Waals surface area (Å²) in [5.74, 6) is 2.28. The Morgan fingerprint density at radius 2 is 2.09 bits per heavy atom. The minimum Gasteiger partial charge on any atom is -0.370 e. The van der Waals surface area contributed by atoms with Crippen molar-refractivity contribution in [2.75, 3.05) is 25.0 Å². The molecule has 2 aromatic rings. The summed E-state index contributed by atoms with van der Waals surface area (Å²) in [6.07, 6.45) is 8.34. The molecule has 0 saturated carbocycles. The van der Waals surface area contributed by atoms with Crippen LogP contribution in [0.5, 0.6) is 0 Å². The molecule has 6 heteroatoms. The van der Waals surface area contributed by atoms with Crippen molar-refractivity contribution in [3.8, 4) is 0 Å². The van der Waals surface area contributed by atoms with Crippen LogP contribution in [0.1, 0.15) is 36.0 Å². The topological polar surface area (TPSA) is 75.6 Å². The van der Waals surface area contributed by atoms with E-state index in [-0.39, 0.29) is 0 Å². The number of anilines is 1. The normalized spacial score (nSPS) is 15.7. The number of rotatable bonds is 5. The molecule has 22 heavy (non-hydrogen) atoms. The molecule has 0 amide bonds. The van der Waals surface area contributed by atoms with Gasteiger partial charge in [0.15, 0.2) is 0 Å². The average Bonchev–Trinajstić information content (AvgIpc) is 2.56. The van der Waals surface area contributed by atoms with Crippen LogP contribution >= 0.6 is 0 Å². The maximum absolute atomic E-state index is 4.62. The number of hydrogen-bond donors (Lipinski definition) is 2. The highest BCUT2D eigenvalue weighted by molar-refractivity contribution is 5.37. The van der Waals surface area contributed by atoms with Gasteiger partial charge in [0.2, 0.25) is 0 Å². The molecule has 3 heterocycles. The minimum atomic E-state index is 0.545. The second kappa shape index (κ2) is 7.26. The first-order valence-electron chi connectivity index (χ1n) is 7.86. The molecular formula is C16H22N6. The standard InChI is InChI=1S/C16H22N6/c1-12-21-15(13-2-5-17-6-3-13)10-16(22-12)20-7-4-14-11-18-8-9-19-14/h8-11,13,17H,2-7H2,1H3,(H,20,21,22).